The third kappa shape index (κ3) is 7.14. The number of halogens is 3. The number of amides is 2. The van der Waals surface area contributed by atoms with E-state index in [0.717, 1.165) is 71.7 Å². The van der Waals surface area contributed by atoms with Crippen molar-refractivity contribution in [2.75, 3.05) is 18.4 Å². The Bertz CT molecular complexity index is 2130. The van der Waals surface area contributed by atoms with E-state index >= 15 is 0 Å². The first-order chi connectivity index (χ1) is 25.1. The lowest BCUT2D eigenvalue weighted by Crippen LogP contribution is -2.39. The van der Waals surface area contributed by atoms with Crippen LogP contribution >= 0.6 is 0 Å². The van der Waals surface area contributed by atoms with Gasteiger partial charge in [0.15, 0.2) is 5.82 Å². The Kier molecular flexibility index (Phi) is 10.1. The summed E-state index contributed by atoms with van der Waals surface area (Å²) in [6.07, 6.45) is 1.86. The molecule has 2 atom stereocenters. The highest BCUT2D eigenvalue weighted by Crippen LogP contribution is 2.35. The van der Waals surface area contributed by atoms with E-state index in [0.29, 0.717) is 30.3 Å². The molecule has 2 aliphatic heterocycles. The first-order valence-electron chi connectivity index (χ1n) is 17.8. The van der Waals surface area contributed by atoms with Crippen LogP contribution in [-0.2, 0) is 16.1 Å². The SMILES string of the molecule is Cc1c(CN2CCC(c3ccc(C4CCC(=O)NC4=O)cc3)CC2)cccc1-c1cc2c(N[C@H](C)c3cccc(C(F)F)c3F)nnc(C)c2cn1. The van der Waals surface area contributed by atoms with Crippen molar-refractivity contribution in [1.82, 2.24) is 25.4 Å². The third-order valence-electron chi connectivity index (χ3n) is 10.7. The van der Waals surface area contributed by atoms with Gasteiger partial charge in [-0.15, -0.1) is 5.10 Å². The number of hydrogen-bond acceptors (Lipinski definition) is 7. The minimum absolute atomic E-state index is 0.123. The van der Waals surface area contributed by atoms with Gasteiger partial charge >= 0.3 is 0 Å². The second kappa shape index (κ2) is 14.8. The maximum atomic E-state index is 15.0. The fraction of sp³-hybridized carbons (Fsp3) is 0.341. The fourth-order valence-corrected chi connectivity index (χ4v) is 7.59. The smallest absolute Gasteiger partial charge is 0.266 e. The number of likely N-dealkylation sites (tertiary alicyclic amines) is 1. The molecule has 2 saturated heterocycles. The summed E-state index contributed by atoms with van der Waals surface area (Å²) < 4.78 is 41.8. The van der Waals surface area contributed by atoms with Crippen molar-refractivity contribution in [3.8, 4) is 11.3 Å². The number of aryl methyl sites for hydroxylation is 1. The summed E-state index contributed by atoms with van der Waals surface area (Å²) >= 11 is 0. The van der Waals surface area contributed by atoms with Crippen molar-refractivity contribution in [2.45, 2.75) is 77.3 Å². The molecular formula is C41H41F3N6O2. The summed E-state index contributed by atoms with van der Waals surface area (Å²) in [5, 5.41) is 15.9. The molecule has 2 aliphatic rings. The molecule has 2 aromatic heterocycles. The van der Waals surface area contributed by atoms with Gasteiger partial charge in [0, 0.05) is 41.1 Å². The zero-order valence-corrected chi connectivity index (χ0v) is 29.4. The Morgan fingerprint density at radius 1 is 0.904 bits per heavy atom. The molecule has 0 aliphatic carbocycles. The van der Waals surface area contributed by atoms with E-state index in [-0.39, 0.29) is 23.3 Å². The zero-order chi connectivity index (χ0) is 36.5. The van der Waals surface area contributed by atoms with Crippen LogP contribution in [-0.4, -0.2) is 45.0 Å². The maximum absolute atomic E-state index is 15.0. The summed E-state index contributed by atoms with van der Waals surface area (Å²) in [4.78, 5) is 31.2. The molecule has 5 aromatic rings. The predicted octanol–water partition coefficient (Wildman–Crippen LogP) is 8.46. The topological polar surface area (TPSA) is 100 Å². The zero-order valence-electron chi connectivity index (χ0n) is 29.4. The van der Waals surface area contributed by atoms with Gasteiger partial charge in [0.25, 0.3) is 6.43 Å². The highest BCUT2D eigenvalue weighted by Gasteiger charge is 2.29. The van der Waals surface area contributed by atoms with Crippen molar-refractivity contribution < 1.29 is 22.8 Å². The van der Waals surface area contributed by atoms with Crippen LogP contribution in [0.2, 0.25) is 0 Å². The van der Waals surface area contributed by atoms with E-state index in [9.17, 15) is 22.8 Å². The lowest BCUT2D eigenvalue weighted by Gasteiger charge is -2.33. The lowest BCUT2D eigenvalue weighted by atomic mass is 9.86. The van der Waals surface area contributed by atoms with Crippen LogP contribution in [0.5, 0.6) is 0 Å². The molecule has 2 amide bonds. The van der Waals surface area contributed by atoms with Crippen LogP contribution in [0, 0.1) is 19.7 Å². The van der Waals surface area contributed by atoms with Crippen molar-refractivity contribution in [2.24, 2.45) is 0 Å². The number of alkyl halides is 2. The van der Waals surface area contributed by atoms with Crippen molar-refractivity contribution >= 4 is 28.4 Å². The van der Waals surface area contributed by atoms with Crippen LogP contribution in [0.1, 0.15) is 96.0 Å². The van der Waals surface area contributed by atoms with Crippen molar-refractivity contribution in [3.05, 3.63) is 118 Å². The van der Waals surface area contributed by atoms with Gasteiger partial charge in [-0.3, -0.25) is 24.8 Å². The Hall–Kier alpha value is -5.16. The molecule has 11 heteroatoms. The standard InChI is InChI=1S/C41H41F3N6O2/c1-23-29(22-50-18-16-27(17-19-50)26-10-12-28(13-11-26)32-14-15-37(51)47-41(32)52)6-4-7-30(23)36-20-34-35(21-45-36)25(3)48-49-40(34)46-24(2)31-8-5-9-33(38(31)42)39(43)44/h4-13,20-21,24,27,32,39H,14-19,22H2,1-3H3,(H,46,49)(H,47,51,52)/t24-,32?/m1/s1. The molecule has 1 unspecified atom stereocenters. The average Bonchev–Trinajstić information content (AvgIpc) is 3.14. The van der Waals surface area contributed by atoms with Crippen LogP contribution in [0.25, 0.3) is 22.0 Å². The minimum atomic E-state index is -2.91. The van der Waals surface area contributed by atoms with Gasteiger partial charge < -0.3 is 5.32 Å². The molecule has 4 heterocycles. The van der Waals surface area contributed by atoms with Crippen molar-refractivity contribution in [1.29, 1.82) is 0 Å². The van der Waals surface area contributed by atoms with Gasteiger partial charge in [-0.2, -0.15) is 5.10 Å². The molecule has 8 nitrogen and oxygen atoms in total. The molecule has 3 aromatic carbocycles. The molecule has 0 saturated carbocycles. The first-order valence-corrected chi connectivity index (χ1v) is 17.8. The Morgan fingerprint density at radius 2 is 1.62 bits per heavy atom. The molecule has 268 valence electrons. The normalized spacial score (nSPS) is 17.8. The van der Waals surface area contributed by atoms with E-state index in [1.54, 1.807) is 13.1 Å². The summed E-state index contributed by atoms with van der Waals surface area (Å²) in [7, 11) is 0. The summed E-state index contributed by atoms with van der Waals surface area (Å²) in [5.41, 5.74) is 6.54. The number of nitrogens with zero attached hydrogens (tertiary/aromatic N) is 4. The second-order valence-corrected chi connectivity index (χ2v) is 14.0. The predicted molar refractivity (Wildman–Crippen MR) is 194 cm³/mol. The quantitative estimate of drug-likeness (QED) is 0.148. The Labute approximate surface area is 300 Å². The van der Waals surface area contributed by atoms with E-state index < -0.39 is 23.8 Å². The largest absolute Gasteiger partial charge is 0.361 e. The van der Waals surface area contributed by atoms with E-state index in [4.69, 9.17) is 4.98 Å². The summed E-state index contributed by atoms with van der Waals surface area (Å²) in [6, 6.07) is 20.0. The van der Waals surface area contributed by atoms with Gasteiger partial charge in [0.2, 0.25) is 11.8 Å². The number of hydrogen-bond donors (Lipinski definition) is 2. The van der Waals surface area contributed by atoms with Gasteiger partial charge in [-0.25, -0.2) is 13.2 Å². The van der Waals surface area contributed by atoms with Gasteiger partial charge in [-0.05, 0) is 87.4 Å². The van der Waals surface area contributed by atoms with Crippen LogP contribution in [0.15, 0.2) is 72.9 Å². The highest BCUT2D eigenvalue weighted by molar-refractivity contribution is 6.01. The number of carbonyl (C=O) groups is 2. The molecule has 0 spiro atoms. The number of imide groups is 1. The summed E-state index contributed by atoms with van der Waals surface area (Å²) in [5.74, 6) is -0.741. The number of carbonyl (C=O) groups excluding carboxylic acids is 2. The second-order valence-electron chi connectivity index (χ2n) is 14.0. The van der Waals surface area contributed by atoms with Crippen LogP contribution in [0.4, 0.5) is 19.0 Å². The van der Waals surface area contributed by atoms with E-state index in [1.165, 1.54) is 23.3 Å². The molecule has 7 rings (SSSR count). The van der Waals surface area contributed by atoms with Crippen LogP contribution in [0.3, 0.4) is 0 Å². The average molecular weight is 707 g/mol. The number of aromatic nitrogens is 3. The van der Waals surface area contributed by atoms with Gasteiger partial charge in [0.1, 0.15) is 5.82 Å². The Balaban J connectivity index is 1.05. The number of anilines is 1. The van der Waals surface area contributed by atoms with Crippen LogP contribution < -0.4 is 10.6 Å². The molecular weight excluding hydrogens is 665 g/mol. The third-order valence-corrected chi connectivity index (χ3v) is 10.7. The van der Waals surface area contributed by atoms with E-state index in [2.05, 4.69) is 63.0 Å². The molecule has 0 radical (unpaired) electrons. The number of rotatable bonds is 9. The number of nitrogens with one attached hydrogen (secondary N) is 2. The minimum Gasteiger partial charge on any atom is -0.361 e. The summed E-state index contributed by atoms with van der Waals surface area (Å²) in [6.45, 7) is 8.41. The van der Waals surface area contributed by atoms with Crippen molar-refractivity contribution in [3.63, 3.8) is 0 Å². The first kappa shape index (κ1) is 35.3. The molecule has 2 fully saturated rings. The lowest BCUT2D eigenvalue weighted by molar-refractivity contribution is -0.134. The monoisotopic (exact) mass is 706 g/mol. The van der Waals surface area contributed by atoms with Gasteiger partial charge in [-0.1, -0.05) is 60.7 Å². The maximum Gasteiger partial charge on any atom is 0.266 e. The van der Waals surface area contributed by atoms with Gasteiger partial charge in [0.05, 0.1) is 28.9 Å². The highest BCUT2D eigenvalue weighted by atomic mass is 19.3. The van der Waals surface area contributed by atoms with E-state index in [1.807, 2.05) is 25.1 Å². The number of pyridine rings is 1. The number of piperidine rings is 2. The molecule has 0 bridgehead atoms. The molecule has 52 heavy (non-hydrogen) atoms. The molecule has 2 N–H and O–H groups in total. The Morgan fingerprint density at radius 3 is 2.35 bits per heavy atom. The fourth-order valence-electron chi connectivity index (χ4n) is 7.59. The number of benzene rings is 3. The number of fused-ring (bicyclic) bond motifs is 1.